The largest absolute Gasteiger partial charge is 1.00 e. The summed E-state index contributed by atoms with van der Waals surface area (Å²) in [5, 5.41) is 38.3. The first kappa shape index (κ1) is 30.0. The van der Waals surface area contributed by atoms with Gasteiger partial charge in [0.25, 0.3) is 0 Å². The fourth-order valence-corrected chi connectivity index (χ4v) is 4.26. The number of phenols is 1. The van der Waals surface area contributed by atoms with E-state index in [0.29, 0.717) is 11.5 Å². The summed E-state index contributed by atoms with van der Waals surface area (Å²) in [6, 6.07) is 9.92. The maximum atomic E-state index is 11.9. The van der Waals surface area contributed by atoms with Gasteiger partial charge in [0.1, 0.15) is 21.5 Å². The molecule has 1 atom stereocenters. The second kappa shape index (κ2) is 11.6. The number of rotatable bonds is 6. The number of carbonyl (C=O) groups excluding carboxylic acids is 1. The maximum Gasteiger partial charge on any atom is 1.00 e. The van der Waals surface area contributed by atoms with Crippen molar-refractivity contribution in [1.29, 1.82) is 0 Å². The van der Waals surface area contributed by atoms with Crippen molar-refractivity contribution in [3.63, 3.8) is 0 Å². The molecule has 0 heterocycles. The fourth-order valence-electron chi connectivity index (χ4n) is 2.65. The van der Waals surface area contributed by atoms with Crippen molar-refractivity contribution in [2.75, 3.05) is 0 Å². The third kappa shape index (κ3) is 6.56. The van der Waals surface area contributed by atoms with Crippen LogP contribution in [0.1, 0.15) is 10.4 Å². The van der Waals surface area contributed by atoms with Gasteiger partial charge in [0, 0.05) is 22.1 Å². The summed E-state index contributed by atoms with van der Waals surface area (Å²) in [6.45, 7) is 0. The van der Waals surface area contributed by atoms with Gasteiger partial charge in [0.05, 0.1) is 15.8 Å². The third-order valence-corrected chi connectivity index (χ3v) is 6.71. The van der Waals surface area contributed by atoms with Crippen molar-refractivity contribution in [2.24, 2.45) is 10.2 Å². The second-order valence-electron chi connectivity index (χ2n) is 5.94. The first-order chi connectivity index (χ1) is 14.5. The number of aromatic hydroxyl groups is 1. The summed E-state index contributed by atoms with van der Waals surface area (Å²) < 4.78 is 50.5. The van der Waals surface area contributed by atoms with E-state index in [1.165, 1.54) is 12.1 Å². The van der Waals surface area contributed by atoms with E-state index in [9.17, 15) is 32.2 Å². The summed E-state index contributed by atoms with van der Waals surface area (Å²) >= 11 is 4.50. The van der Waals surface area contributed by atoms with E-state index in [-0.39, 0.29) is 70.2 Å². The first-order valence-corrected chi connectivity index (χ1v) is 11.8. The van der Waals surface area contributed by atoms with Gasteiger partial charge in [-0.1, -0.05) is 24.3 Å². The van der Waals surface area contributed by atoms with Crippen molar-refractivity contribution in [3.05, 3.63) is 54.1 Å². The van der Waals surface area contributed by atoms with Crippen LogP contribution >= 0.6 is 0 Å². The van der Waals surface area contributed by atoms with Crippen molar-refractivity contribution in [3.8, 4) is 5.75 Å². The Labute approximate surface area is 236 Å². The molecule has 3 rings (SSSR count). The molecular formula is C17H10N2Na2O9S3. The Morgan fingerprint density at radius 1 is 1.03 bits per heavy atom. The van der Waals surface area contributed by atoms with Gasteiger partial charge in [-0.25, -0.2) is 17.9 Å². The van der Waals surface area contributed by atoms with Crippen LogP contribution in [0.2, 0.25) is 0 Å². The minimum absolute atomic E-state index is 0. The molecule has 0 aromatic heterocycles. The quantitative estimate of drug-likeness (QED) is 0.104. The van der Waals surface area contributed by atoms with E-state index in [4.69, 9.17) is 5.26 Å². The minimum atomic E-state index is -5.18. The van der Waals surface area contributed by atoms with E-state index in [1.807, 2.05) is 0 Å². The SMILES string of the molecule is O=C([O-])c1cc2ccccc2c(N=Nc2ccc(S(=O)(=S)OO)cc2S(=O)(=O)[O-])c1O.[Na+].[Na+]. The predicted octanol–water partition coefficient (Wildman–Crippen LogP) is -4.25. The number of fused-ring (bicyclic) bond motifs is 1. The molecule has 0 saturated carbocycles. The van der Waals surface area contributed by atoms with E-state index in [0.717, 1.165) is 18.2 Å². The number of hydrogen-bond donors (Lipinski definition) is 2. The molecule has 33 heavy (non-hydrogen) atoms. The standard InChI is InChI=1S/C17H12N2O9S3.2Na/c20-16-12(17(21)22)7-9-3-1-2-4-11(9)15(16)19-18-13-6-5-10(31(27,29)28-23)8-14(13)30(24,25)26;;/h1-8,20,23H,(H,21,22)(H,24,25,26);;/q;2*+1/p-2. The average Bonchev–Trinajstić information content (AvgIpc) is 2.71. The van der Waals surface area contributed by atoms with Crippen molar-refractivity contribution in [2.45, 2.75) is 9.79 Å². The number of azo groups is 1. The molecule has 3 aromatic carbocycles. The Hall–Kier alpha value is -1.01. The maximum absolute atomic E-state index is 11.9. The third-order valence-electron chi connectivity index (χ3n) is 4.06. The van der Waals surface area contributed by atoms with Crippen molar-refractivity contribution < 1.29 is 101 Å². The van der Waals surface area contributed by atoms with Gasteiger partial charge in [-0.15, -0.1) is 14.6 Å². The number of carboxylic acid groups (broad SMARTS) is 1. The number of benzene rings is 3. The van der Waals surface area contributed by atoms with E-state index in [2.05, 4.69) is 25.8 Å². The van der Waals surface area contributed by atoms with Crippen molar-refractivity contribution in [1.82, 2.24) is 0 Å². The predicted molar refractivity (Wildman–Crippen MR) is 106 cm³/mol. The summed E-state index contributed by atoms with van der Waals surface area (Å²) in [7, 11) is -9.10. The molecule has 16 heteroatoms. The van der Waals surface area contributed by atoms with Crippen molar-refractivity contribution >= 4 is 58.2 Å². The molecule has 1 unspecified atom stereocenters. The van der Waals surface area contributed by atoms with Gasteiger partial charge in [-0.3, -0.25) is 0 Å². The molecule has 0 fully saturated rings. The minimum Gasteiger partial charge on any atom is -0.744 e. The van der Waals surface area contributed by atoms with Crippen LogP contribution in [0.5, 0.6) is 5.75 Å². The van der Waals surface area contributed by atoms with Gasteiger partial charge in [0.2, 0.25) is 8.77 Å². The van der Waals surface area contributed by atoms with Gasteiger partial charge in [-0.05, 0) is 29.7 Å². The van der Waals surface area contributed by atoms with Gasteiger partial charge < -0.3 is 19.6 Å². The number of nitrogens with zero attached hydrogens (tertiary/aromatic N) is 2. The number of carboxylic acids is 1. The molecule has 0 aliphatic rings. The van der Waals surface area contributed by atoms with Gasteiger partial charge >= 0.3 is 59.1 Å². The Kier molecular flexibility index (Phi) is 10.6. The molecule has 0 saturated heterocycles. The molecular weight excluding hydrogens is 518 g/mol. The van der Waals surface area contributed by atoms with E-state index >= 15 is 0 Å². The van der Waals surface area contributed by atoms with Gasteiger partial charge in [0.15, 0.2) is 5.75 Å². The van der Waals surface area contributed by atoms with E-state index < -0.39 is 51.7 Å². The number of aromatic carboxylic acids is 1. The zero-order valence-electron chi connectivity index (χ0n) is 17.0. The molecule has 0 aliphatic heterocycles. The summed E-state index contributed by atoms with van der Waals surface area (Å²) in [6.07, 6.45) is 0. The molecule has 2 N–H and O–H groups in total. The van der Waals surface area contributed by atoms with Crippen LogP contribution in [0.25, 0.3) is 10.8 Å². The number of carbonyl (C=O) groups is 1. The molecule has 0 amide bonds. The summed E-state index contributed by atoms with van der Waals surface area (Å²) in [4.78, 5) is 9.84. The first-order valence-electron chi connectivity index (χ1n) is 8.01. The van der Waals surface area contributed by atoms with Crippen LogP contribution in [0.3, 0.4) is 0 Å². The van der Waals surface area contributed by atoms with Crippen LogP contribution in [-0.2, 0) is 34.4 Å². The fraction of sp³-hybridized carbons (Fsp3) is 0. The zero-order valence-corrected chi connectivity index (χ0v) is 23.4. The topological polar surface area (TPSA) is 189 Å². The Morgan fingerprint density at radius 2 is 1.67 bits per heavy atom. The van der Waals surface area contributed by atoms with Crippen LogP contribution in [0.4, 0.5) is 11.4 Å². The Morgan fingerprint density at radius 3 is 2.24 bits per heavy atom. The Bertz CT molecular complexity index is 1460. The molecule has 0 bridgehead atoms. The smallest absolute Gasteiger partial charge is 0.744 e. The zero-order chi connectivity index (χ0) is 23.0. The monoisotopic (exact) mass is 528 g/mol. The molecule has 162 valence electrons. The average molecular weight is 528 g/mol. The van der Waals surface area contributed by atoms with Crippen LogP contribution < -0.4 is 64.2 Å². The molecule has 0 spiro atoms. The normalized spacial score (nSPS) is 13.2. The number of hydrogen-bond acceptors (Lipinski definition) is 12. The van der Waals surface area contributed by atoms with E-state index in [1.54, 1.807) is 12.1 Å². The molecule has 3 aromatic rings. The van der Waals surface area contributed by atoms with Crippen LogP contribution in [0.15, 0.2) is 68.6 Å². The van der Waals surface area contributed by atoms with Crippen LogP contribution in [-0.4, -0.2) is 33.5 Å². The molecule has 0 aliphatic carbocycles. The molecule has 11 nitrogen and oxygen atoms in total. The Balaban J connectivity index is 0.00000272. The second-order valence-corrected chi connectivity index (χ2v) is 10.1. The van der Waals surface area contributed by atoms with Crippen LogP contribution in [0, 0.1) is 0 Å². The summed E-state index contributed by atoms with van der Waals surface area (Å²) in [5.74, 6) is -2.47. The van der Waals surface area contributed by atoms with Gasteiger partial charge in [-0.2, -0.15) is 0 Å². The molecule has 0 radical (unpaired) electrons. The summed E-state index contributed by atoms with van der Waals surface area (Å²) in [5.41, 5.74) is -1.42.